The van der Waals surface area contributed by atoms with Crippen LogP contribution in [0.5, 0.6) is 0 Å². The fourth-order valence-corrected chi connectivity index (χ4v) is 4.87. The zero-order chi connectivity index (χ0) is 26.0. The van der Waals surface area contributed by atoms with Crippen molar-refractivity contribution >= 4 is 12.0 Å². The topological polar surface area (TPSA) is 88.1 Å². The Labute approximate surface area is 213 Å². The fraction of sp³-hybridized carbons (Fsp3) is 0.714. The quantitative estimate of drug-likeness (QED) is 0.349. The van der Waals surface area contributed by atoms with Crippen molar-refractivity contribution in [1.29, 1.82) is 0 Å². The summed E-state index contributed by atoms with van der Waals surface area (Å²) in [6, 6.07) is 0.194. The number of carbonyl (C=O) groups excluding carboxylic acids is 2. The molecule has 0 unspecified atom stereocenters. The van der Waals surface area contributed by atoms with Crippen molar-refractivity contribution in [3.8, 4) is 0 Å². The summed E-state index contributed by atoms with van der Waals surface area (Å²) >= 11 is 0. The van der Waals surface area contributed by atoms with Crippen LogP contribution >= 0.6 is 0 Å². The molecule has 0 bridgehead atoms. The second-order valence-corrected chi connectivity index (χ2v) is 11.0. The van der Waals surface area contributed by atoms with E-state index in [2.05, 4.69) is 44.3 Å². The Morgan fingerprint density at radius 1 is 1.20 bits per heavy atom. The zero-order valence-electron chi connectivity index (χ0n) is 22.5. The molecule has 35 heavy (non-hydrogen) atoms. The van der Waals surface area contributed by atoms with Crippen molar-refractivity contribution in [2.24, 2.45) is 11.8 Å². The van der Waals surface area contributed by atoms with E-state index in [-0.39, 0.29) is 31.7 Å². The third kappa shape index (κ3) is 11.0. The number of amides is 2. The van der Waals surface area contributed by atoms with Crippen molar-refractivity contribution < 1.29 is 25.6 Å². The maximum Gasteiger partial charge on any atom is 0.409 e. The highest BCUT2D eigenvalue weighted by atomic mass is 16.6. The molecule has 1 heterocycles. The Balaban J connectivity index is 0.00000648. The van der Waals surface area contributed by atoms with Crippen LogP contribution in [0.2, 0.25) is 0 Å². The highest BCUT2D eigenvalue weighted by Crippen LogP contribution is 2.33. The van der Waals surface area contributed by atoms with Crippen LogP contribution < -0.4 is 5.32 Å². The van der Waals surface area contributed by atoms with Gasteiger partial charge in [-0.15, -0.1) is 0 Å². The van der Waals surface area contributed by atoms with Gasteiger partial charge in [0.25, 0.3) is 0 Å². The number of allylic oxidation sites excluding steroid dienone is 3. The Bertz CT molecular complexity index is 785. The summed E-state index contributed by atoms with van der Waals surface area (Å²) < 4.78 is 11.3. The van der Waals surface area contributed by atoms with E-state index in [9.17, 15) is 14.7 Å². The largest absolute Gasteiger partial charge is 0.442 e. The summed E-state index contributed by atoms with van der Waals surface area (Å²) in [5.41, 5.74) is 1.04. The van der Waals surface area contributed by atoms with E-state index in [4.69, 9.17) is 9.47 Å². The number of nitrogens with one attached hydrogen (secondary N) is 1. The van der Waals surface area contributed by atoms with Crippen LogP contribution in [-0.4, -0.2) is 66.6 Å². The lowest BCUT2D eigenvalue weighted by molar-refractivity contribution is -0.117. The Morgan fingerprint density at radius 3 is 2.51 bits per heavy atom. The van der Waals surface area contributed by atoms with E-state index >= 15 is 0 Å². The number of nitrogens with zero attached hydrogens (tertiary/aromatic N) is 1. The average molecular weight is 493 g/mol. The molecule has 1 saturated heterocycles. The second-order valence-electron chi connectivity index (χ2n) is 11.0. The Morgan fingerprint density at radius 2 is 1.89 bits per heavy atom. The molecular formula is C28H48N2O5. The van der Waals surface area contributed by atoms with Crippen LogP contribution in [0.15, 0.2) is 36.0 Å². The van der Waals surface area contributed by atoms with Crippen molar-refractivity contribution in [2.75, 3.05) is 20.7 Å². The van der Waals surface area contributed by atoms with Gasteiger partial charge in [-0.2, -0.15) is 0 Å². The number of hydrogen-bond acceptors (Lipinski definition) is 5. The minimum absolute atomic E-state index is 0. The van der Waals surface area contributed by atoms with Gasteiger partial charge in [-0.1, -0.05) is 23.8 Å². The maximum atomic E-state index is 12.2. The molecule has 0 radical (unpaired) electrons. The van der Waals surface area contributed by atoms with E-state index in [1.165, 1.54) is 16.5 Å². The maximum absolute atomic E-state index is 12.2. The molecule has 1 aliphatic carbocycles. The molecule has 0 aromatic rings. The lowest BCUT2D eigenvalue weighted by Gasteiger charge is -2.39. The van der Waals surface area contributed by atoms with Gasteiger partial charge < -0.3 is 24.8 Å². The van der Waals surface area contributed by atoms with Gasteiger partial charge in [-0.3, -0.25) is 4.79 Å². The van der Waals surface area contributed by atoms with Gasteiger partial charge in [0.2, 0.25) is 5.91 Å². The van der Waals surface area contributed by atoms with Crippen molar-refractivity contribution in [2.45, 2.75) is 96.5 Å². The molecule has 7 heteroatoms. The molecule has 2 amide bonds. The van der Waals surface area contributed by atoms with Crippen molar-refractivity contribution in [3.63, 3.8) is 0 Å². The molecule has 2 N–H and O–H groups in total. The highest BCUT2D eigenvalue weighted by Gasteiger charge is 2.33. The van der Waals surface area contributed by atoms with Crippen LogP contribution in [0, 0.1) is 11.8 Å². The number of rotatable bonds is 9. The Kier molecular flexibility index (Phi) is 11.5. The molecule has 0 aromatic carbocycles. The van der Waals surface area contributed by atoms with Gasteiger partial charge in [0.15, 0.2) is 0 Å². The van der Waals surface area contributed by atoms with E-state index in [1.807, 2.05) is 0 Å². The van der Waals surface area contributed by atoms with Gasteiger partial charge in [-0.25, -0.2) is 4.79 Å². The minimum atomic E-state index is -0.456. The normalized spacial score (nSPS) is 28.1. The van der Waals surface area contributed by atoms with Crippen LogP contribution in [0.3, 0.4) is 0 Å². The molecule has 3 atom stereocenters. The van der Waals surface area contributed by atoms with Crippen LogP contribution in [0.25, 0.3) is 0 Å². The van der Waals surface area contributed by atoms with Gasteiger partial charge in [0.05, 0.1) is 11.7 Å². The first-order valence-electron chi connectivity index (χ1n) is 13.0. The van der Waals surface area contributed by atoms with E-state index < -0.39 is 12.2 Å². The smallest absolute Gasteiger partial charge is 0.409 e. The molecule has 7 nitrogen and oxygen atoms in total. The van der Waals surface area contributed by atoms with Crippen molar-refractivity contribution in [3.05, 3.63) is 36.0 Å². The second kappa shape index (κ2) is 13.8. The molecule has 2 aliphatic rings. The standard InChI is InChI=1S/C28H46N2O5.H2/c1-20(8-15-25-17-23(19-31)18-28(3,4)35-25)7-10-22-11-13-24(14-12-22)29-26(32)16-9-21(2)34-27(33)30(5)6;/h7-9,15-16,21-25,31H,10-14,17-19H2,1-6H3,(H,29,32);1H/b15-8+,16-9-,20-7+;/t21-,22?,23-,24?,25+;/m0./s1. The zero-order valence-corrected chi connectivity index (χ0v) is 22.5. The molecule has 1 aliphatic heterocycles. The molecule has 2 rings (SSSR count). The summed E-state index contributed by atoms with van der Waals surface area (Å²) in [6.45, 7) is 8.27. The number of aliphatic hydroxyl groups excluding tert-OH is 1. The number of hydrogen-bond donors (Lipinski definition) is 2. The number of ether oxygens (including phenoxy) is 2. The lowest BCUT2D eigenvalue weighted by Crippen LogP contribution is -2.39. The van der Waals surface area contributed by atoms with Crippen LogP contribution in [-0.2, 0) is 14.3 Å². The van der Waals surface area contributed by atoms with Gasteiger partial charge >= 0.3 is 6.09 Å². The van der Waals surface area contributed by atoms with E-state index in [1.54, 1.807) is 27.1 Å². The highest BCUT2D eigenvalue weighted by molar-refractivity contribution is 5.87. The van der Waals surface area contributed by atoms with Gasteiger partial charge in [0.1, 0.15) is 6.10 Å². The number of aliphatic hydroxyl groups is 1. The molecule has 2 fully saturated rings. The predicted octanol–water partition coefficient (Wildman–Crippen LogP) is 5.01. The fourth-order valence-electron chi connectivity index (χ4n) is 4.87. The molecule has 0 aromatic heterocycles. The molecule has 1 saturated carbocycles. The first-order valence-corrected chi connectivity index (χ1v) is 13.0. The van der Waals surface area contributed by atoms with Gasteiger partial charge in [0, 0.05) is 34.2 Å². The van der Waals surface area contributed by atoms with Crippen molar-refractivity contribution in [1.82, 2.24) is 10.2 Å². The summed E-state index contributed by atoms with van der Waals surface area (Å²) in [5.74, 6) is 0.794. The SMILES string of the molecule is CC(/C=C/[C@@H]1C[C@H](CO)CC(C)(C)O1)=C\CC1CCC(NC(=O)/C=C\[C@H](C)OC(=O)N(C)C)CC1.[HH]. The van der Waals surface area contributed by atoms with Crippen LogP contribution in [0.4, 0.5) is 4.79 Å². The summed E-state index contributed by atoms with van der Waals surface area (Å²) in [4.78, 5) is 25.1. The average Bonchev–Trinajstić information content (AvgIpc) is 2.79. The molecule has 200 valence electrons. The monoisotopic (exact) mass is 492 g/mol. The lowest BCUT2D eigenvalue weighted by atomic mass is 9.83. The first kappa shape index (κ1) is 29.1. The predicted molar refractivity (Wildman–Crippen MR) is 141 cm³/mol. The summed E-state index contributed by atoms with van der Waals surface area (Å²) in [5, 5.41) is 12.6. The first-order chi connectivity index (χ1) is 16.5. The third-order valence-corrected chi connectivity index (χ3v) is 6.79. The van der Waals surface area contributed by atoms with Crippen LogP contribution in [0.1, 0.15) is 74.1 Å². The third-order valence-electron chi connectivity index (χ3n) is 6.79. The minimum Gasteiger partial charge on any atom is -0.442 e. The van der Waals surface area contributed by atoms with Gasteiger partial charge in [-0.05, 0) is 90.6 Å². The molecule has 0 spiro atoms. The number of carbonyl (C=O) groups is 2. The Hall–Kier alpha value is -2.12. The molecular weight excluding hydrogens is 444 g/mol. The summed E-state index contributed by atoms with van der Waals surface area (Å²) in [6.07, 6.45) is 15.8. The van der Waals surface area contributed by atoms with E-state index in [0.29, 0.717) is 11.8 Å². The van der Waals surface area contributed by atoms with E-state index in [0.717, 1.165) is 44.9 Å². The summed E-state index contributed by atoms with van der Waals surface area (Å²) in [7, 11) is 3.24.